The normalized spacial score (nSPS) is 59.8. The number of aliphatic hydroxyl groups is 6. The molecule has 1 spiro atoms. The van der Waals surface area contributed by atoms with Crippen molar-refractivity contribution in [2.45, 2.75) is 99.9 Å². The number of nitrogens with one attached hydrogen (secondary N) is 1. The van der Waals surface area contributed by atoms with Gasteiger partial charge in [-0.05, 0) is 43.7 Å². The van der Waals surface area contributed by atoms with Crippen LogP contribution in [0.3, 0.4) is 0 Å². The number of ether oxygens (including phenoxy) is 2. The molecule has 2 saturated heterocycles. The molecule has 6 aliphatic rings. The van der Waals surface area contributed by atoms with Gasteiger partial charge in [-0.25, -0.2) is 4.79 Å². The SMILES string of the molecule is CC(C)[C@@]1(O)[C@H](OC(=O)c2ccc[nH]2)[C@@]2(O)[C@@]3(C)C[C@]4(O)O[C@]5([C@@H](O)[C@@H](C)CC[C@]35O)[C@@]2(O)[C@@]14C. The van der Waals surface area contributed by atoms with Crippen LogP contribution in [0.2, 0.25) is 0 Å². The third-order valence-corrected chi connectivity index (χ3v) is 11.3. The second kappa shape index (κ2) is 5.96. The molecule has 35 heavy (non-hydrogen) atoms. The topological polar surface area (TPSA) is 173 Å². The summed E-state index contributed by atoms with van der Waals surface area (Å²) in [4.78, 5) is 15.9. The van der Waals surface area contributed by atoms with Crippen molar-refractivity contribution >= 4 is 5.97 Å². The van der Waals surface area contributed by atoms with E-state index in [1.807, 2.05) is 0 Å². The van der Waals surface area contributed by atoms with Gasteiger partial charge in [0.1, 0.15) is 28.1 Å². The van der Waals surface area contributed by atoms with Crippen molar-refractivity contribution in [2.75, 3.05) is 0 Å². The predicted molar refractivity (Wildman–Crippen MR) is 119 cm³/mol. The first-order valence-corrected chi connectivity index (χ1v) is 12.4. The molecule has 1 aromatic heterocycles. The molecule has 10 nitrogen and oxygen atoms in total. The summed E-state index contributed by atoms with van der Waals surface area (Å²) in [6.07, 6.45) is -1.63. The Labute approximate surface area is 202 Å². The first-order valence-electron chi connectivity index (χ1n) is 12.4. The zero-order chi connectivity index (χ0) is 25.8. The molecule has 3 heterocycles. The molecule has 11 atom stereocenters. The van der Waals surface area contributed by atoms with E-state index < -0.39 is 74.6 Å². The Hall–Kier alpha value is -1.53. The quantitative estimate of drug-likeness (QED) is 0.282. The number of aliphatic hydroxyl groups excluding tert-OH is 1. The van der Waals surface area contributed by atoms with Gasteiger partial charge in [0.25, 0.3) is 0 Å². The van der Waals surface area contributed by atoms with Gasteiger partial charge in [-0.1, -0.05) is 27.7 Å². The Morgan fingerprint density at radius 1 is 1.20 bits per heavy atom. The third-order valence-electron chi connectivity index (χ3n) is 11.3. The lowest BCUT2D eigenvalue weighted by Crippen LogP contribution is -2.75. The van der Waals surface area contributed by atoms with E-state index in [0.717, 1.165) is 0 Å². The first kappa shape index (κ1) is 23.8. The smallest absolute Gasteiger partial charge is 0.355 e. The zero-order valence-corrected chi connectivity index (χ0v) is 20.6. The fourth-order valence-corrected chi connectivity index (χ4v) is 9.56. The molecular weight excluding hydrogens is 458 g/mol. The van der Waals surface area contributed by atoms with Gasteiger partial charge in [0.05, 0.1) is 11.5 Å². The summed E-state index contributed by atoms with van der Waals surface area (Å²) in [6, 6.07) is 3.06. The Morgan fingerprint density at radius 3 is 2.43 bits per heavy atom. The van der Waals surface area contributed by atoms with Crippen molar-refractivity contribution in [3.63, 3.8) is 0 Å². The maximum absolute atomic E-state index is 13.2. The van der Waals surface area contributed by atoms with Gasteiger partial charge in [0.15, 0.2) is 17.5 Å². The molecule has 6 fully saturated rings. The highest BCUT2D eigenvalue weighted by molar-refractivity contribution is 5.87. The van der Waals surface area contributed by atoms with Crippen LogP contribution < -0.4 is 0 Å². The first-order chi connectivity index (χ1) is 16.0. The van der Waals surface area contributed by atoms with Gasteiger partial charge in [0.2, 0.25) is 0 Å². The molecule has 0 amide bonds. The second-order valence-electron chi connectivity index (χ2n) is 12.4. The molecule has 7 N–H and O–H groups in total. The van der Waals surface area contributed by atoms with Crippen LogP contribution in [-0.4, -0.2) is 87.6 Å². The number of carbonyl (C=O) groups excluding carboxylic acids is 1. The Morgan fingerprint density at radius 2 is 1.86 bits per heavy atom. The number of aromatic nitrogens is 1. The number of hydrogen-bond donors (Lipinski definition) is 7. The molecule has 2 aliphatic heterocycles. The average Bonchev–Trinajstić information content (AvgIpc) is 3.41. The molecule has 194 valence electrons. The van der Waals surface area contributed by atoms with Crippen molar-refractivity contribution in [1.82, 2.24) is 4.98 Å². The van der Waals surface area contributed by atoms with Crippen molar-refractivity contribution in [1.29, 1.82) is 0 Å². The minimum Gasteiger partial charge on any atom is -0.451 e. The van der Waals surface area contributed by atoms with Crippen molar-refractivity contribution < 1.29 is 44.9 Å². The lowest BCUT2D eigenvalue weighted by atomic mass is 9.52. The zero-order valence-electron chi connectivity index (χ0n) is 20.6. The van der Waals surface area contributed by atoms with Crippen LogP contribution in [-0.2, 0) is 9.47 Å². The number of carbonyl (C=O) groups is 1. The van der Waals surface area contributed by atoms with Crippen LogP contribution >= 0.6 is 0 Å². The predicted octanol–water partition coefficient (Wildman–Crippen LogP) is -0.188. The van der Waals surface area contributed by atoms with Crippen LogP contribution in [0.4, 0.5) is 0 Å². The van der Waals surface area contributed by atoms with Gasteiger partial charge in [-0.15, -0.1) is 0 Å². The molecule has 1 aromatic rings. The monoisotopic (exact) mass is 493 g/mol. The maximum atomic E-state index is 13.2. The fourth-order valence-electron chi connectivity index (χ4n) is 9.56. The van der Waals surface area contributed by atoms with Gasteiger partial charge >= 0.3 is 5.97 Å². The molecule has 0 radical (unpaired) electrons. The summed E-state index contributed by atoms with van der Waals surface area (Å²) in [5, 5.41) is 73.9. The van der Waals surface area contributed by atoms with Crippen LogP contribution in [0.25, 0.3) is 0 Å². The number of H-pyrrole nitrogens is 1. The maximum Gasteiger partial charge on any atom is 0.355 e. The highest BCUT2D eigenvalue weighted by atomic mass is 16.7. The van der Waals surface area contributed by atoms with E-state index in [1.165, 1.54) is 26.1 Å². The summed E-state index contributed by atoms with van der Waals surface area (Å²) in [7, 11) is 0. The minimum absolute atomic E-state index is 0.0654. The molecule has 6 bridgehead atoms. The Balaban J connectivity index is 1.69. The number of hydrogen-bond acceptors (Lipinski definition) is 9. The van der Waals surface area contributed by atoms with E-state index in [1.54, 1.807) is 26.8 Å². The third kappa shape index (κ3) is 1.74. The van der Waals surface area contributed by atoms with Gasteiger partial charge < -0.3 is 45.1 Å². The van der Waals surface area contributed by atoms with Crippen molar-refractivity contribution in [2.24, 2.45) is 22.7 Å². The summed E-state index contributed by atoms with van der Waals surface area (Å²) < 4.78 is 12.1. The summed E-state index contributed by atoms with van der Waals surface area (Å²) in [6.45, 7) is 7.91. The lowest BCUT2D eigenvalue weighted by molar-refractivity contribution is -0.390. The molecule has 10 heteroatoms. The highest BCUT2D eigenvalue weighted by Gasteiger charge is 3.10. The fraction of sp³-hybridized carbons (Fsp3) is 0.800. The number of esters is 1. The number of aromatic amines is 1. The van der Waals surface area contributed by atoms with E-state index >= 15 is 0 Å². The van der Waals surface area contributed by atoms with E-state index in [0.29, 0.717) is 6.42 Å². The van der Waals surface area contributed by atoms with Crippen LogP contribution in [0.15, 0.2) is 18.3 Å². The van der Waals surface area contributed by atoms with Gasteiger partial charge in [0, 0.05) is 18.0 Å². The summed E-state index contributed by atoms with van der Waals surface area (Å²) in [5.74, 6) is -4.34. The van der Waals surface area contributed by atoms with Gasteiger partial charge in [-0.2, -0.15) is 0 Å². The largest absolute Gasteiger partial charge is 0.451 e. The lowest BCUT2D eigenvalue weighted by Gasteiger charge is -2.60. The Kier molecular flexibility index (Phi) is 4.06. The molecular formula is C25H35NO9. The average molecular weight is 494 g/mol. The van der Waals surface area contributed by atoms with E-state index in [9.17, 15) is 35.4 Å². The molecule has 7 rings (SSSR count). The van der Waals surface area contributed by atoms with Crippen LogP contribution in [0.5, 0.6) is 0 Å². The van der Waals surface area contributed by atoms with Crippen LogP contribution in [0, 0.1) is 22.7 Å². The highest BCUT2D eigenvalue weighted by Crippen LogP contribution is 2.90. The second-order valence-corrected chi connectivity index (χ2v) is 12.4. The Bertz CT molecular complexity index is 1130. The van der Waals surface area contributed by atoms with Crippen molar-refractivity contribution in [3.8, 4) is 0 Å². The molecule has 4 saturated carbocycles. The standard InChI is InChI=1S/C25H35NO9/c1-12(2)22(31)17(34-16(28)14-7-6-10-26-14)23(32)18(4)11-21(30)19(22,5)25(23,33)24(35-21)15(27)13(3)8-9-20(18,24)29/h6-7,10,12-13,15,17,26-27,29-33H,8-9,11H2,1-5H3/t13-,15-,17-,18-,19+,20-,21-,22+,23+,24-,25+/m0/s1. The van der Waals surface area contributed by atoms with Crippen molar-refractivity contribution in [3.05, 3.63) is 24.0 Å². The van der Waals surface area contributed by atoms with Crippen LogP contribution in [0.1, 0.15) is 64.4 Å². The number of rotatable bonds is 3. The van der Waals surface area contributed by atoms with E-state index in [2.05, 4.69) is 4.98 Å². The van der Waals surface area contributed by atoms with E-state index in [-0.39, 0.29) is 18.5 Å². The minimum atomic E-state index is -2.59. The summed E-state index contributed by atoms with van der Waals surface area (Å²) >= 11 is 0. The van der Waals surface area contributed by atoms with E-state index in [4.69, 9.17) is 9.47 Å². The summed E-state index contributed by atoms with van der Waals surface area (Å²) in [5.41, 5.74) is -15.2. The molecule has 0 aromatic carbocycles. The molecule has 0 unspecified atom stereocenters. The molecule has 4 aliphatic carbocycles. The van der Waals surface area contributed by atoms with Gasteiger partial charge in [-0.3, -0.25) is 0 Å².